The Balaban J connectivity index is 2.55. The Morgan fingerprint density at radius 3 is 2.50 bits per heavy atom. The summed E-state index contributed by atoms with van der Waals surface area (Å²) in [5.41, 5.74) is -0.345. The largest absolute Gasteiger partial charge is 0.386 e. The van der Waals surface area contributed by atoms with E-state index >= 15 is 0 Å². The summed E-state index contributed by atoms with van der Waals surface area (Å²) < 4.78 is 0. The molecule has 0 aromatic rings. The van der Waals surface area contributed by atoms with Crippen LogP contribution in [0.2, 0.25) is 0 Å². The van der Waals surface area contributed by atoms with E-state index in [1.807, 2.05) is 13.0 Å². The van der Waals surface area contributed by atoms with E-state index < -0.39 is 5.60 Å². The van der Waals surface area contributed by atoms with Crippen LogP contribution in [-0.2, 0) is 0 Å². The van der Waals surface area contributed by atoms with Crippen molar-refractivity contribution < 1.29 is 5.11 Å². The lowest BCUT2D eigenvalue weighted by Gasteiger charge is -2.34. The monoisotopic (exact) mass is 192 g/mol. The molecule has 0 fully saturated rings. The highest BCUT2D eigenvalue weighted by molar-refractivity contribution is 5.12. The van der Waals surface area contributed by atoms with Crippen LogP contribution in [0.15, 0.2) is 12.2 Å². The molecule has 0 saturated heterocycles. The molecule has 1 unspecified atom stereocenters. The van der Waals surface area contributed by atoms with E-state index in [0.29, 0.717) is 0 Å². The van der Waals surface area contributed by atoms with Crippen LogP contribution in [0.25, 0.3) is 0 Å². The van der Waals surface area contributed by atoms with Crippen molar-refractivity contribution in [3.63, 3.8) is 0 Å². The minimum Gasteiger partial charge on any atom is -0.386 e. The normalized spacial score (nSPS) is 29.4. The van der Waals surface area contributed by atoms with Crippen LogP contribution in [0.4, 0.5) is 0 Å². The molecule has 0 aromatic carbocycles. The molecular weight excluding hydrogens is 172 g/mol. The summed E-state index contributed by atoms with van der Waals surface area (Å²) in [4.78, 5) is 0. The molecule has 0 aromatic heterocycles. The van der Waals surface area contributed by atoms with Crippen molar-refractivity contribution in [2.24, 2.45) is 5.41 Å². The minimum absolute atomic E-state index is 0.253. The summed E-state index contributed by atoms with van der Waals surface area (Å²) in [5.74, 6) is 5.85. The third-order valence-corrected chi connectivity index (χ3v) is 2.91. The lowest BCUT2D eigenvalue weighted by Crippen LogP contribution is -2.32. The summed E-state index contributed by atoms with van der Waals surface area (Å²) in [6, 6.07) is 0. The van der Waals surface area contributed by atoms with Gasteiger partial charge in [-0.15, -0.1) is 11.8 Å². The highest BCUT2D eigenvalue weighted by Gasteiger charge is 2.30. The first-order valence-electron chi connectivity index (χ1n) is 5.30. The quantitative estimate of drug-likeness (QED) is 0.527. The summed E-state index contributed by atoms with van der Waals surface area (Å²) in [6.45, 7) is 6.24. The number of aliphatic hydroxyl groups is 1. The Morgan fingerprint density at radius 1 is 1.29 bits per heavy atom. The molecule has 78 valence electrons. The van der Waals surface area contributed by atoms with Gasteiger partial charge in [-0.1, -0.05) is 26.0 Å². The minimum atomic E-state index is -0.598. The Morgan fingerprint density at radius 2 is 2.00 bits per heavy atom. The average Bonchev–Trinajstić information content (AvgIpc) is 2.12. The molecule has 0 saturated carbocycles. The summed E-state index contributed by atoms with van der Waals surface area (Å²) in [5, 5.41) is 10.2. The molecule has 1 atom stereocenters. The van der Waals surface area contributed by atoms with Crippen LogP contribution in [0.3, 0.4) is 0 Å². The zero-order chi connectivity index (χ0) is 10.7. The first-order valence-corrected chi connectivity index (χ1v) is 5.30. The van der Waals surface area contributed by atoms with Crippen LogP contribution in [0.1, 0.15) is 46.5 Å². The number of hydrogen-bond donors (Lipinski definition) is 1. The van der Waals surface area contributed by atoms with Gasteiger partial charge in [0.1, 0.15) is 0 Å². The second-order valence-corrected chi connectivity index (χ2v) is 4.85. The van der Waals surface area contributed by atoms with Crippen LogP contribution >= 0.6 is 0 Å². The fraction of sp³-hybridized carbons (Fsp3) is 0.692. The Labute approximate surface area is 87.2 Å². The van der Waals surface area contributed by atoms with Crippen molar-refractivity contribution in [3.8, 4) is 11.8 Å². The van der Waals surface area contributed by atoms with E-state index in [9.17, 15) is 5.11 Å². The van der Waals surface area contributed by atoms with Gasteiger partial charge in [0.25, 0.3) is 0 Å². The van der Waals surface area contributed by atoms with E-state index in [1.165, 1.54) is 0 Å². The summed E-state index contributed by atoms with van der Waals surface area (Å²) in [6.07, 6.45) is 7.57. The Bertz CT molecular complexity index is 277. The molecule has 1 aliphatic carbocycles. The van der Waals surface area contributed by atoms with Crippen molar-refractivity contribution in [3.05, 3.63) is 12.2 Å². The van der Waals surface area contributed by atoms with E-state index in [0.717, 1.165) is 25.7 Å². The van der Waals surface area contributed by atoms with Gasteiger partial charge in [-0.2, -0.15) is 0 Å². The molecule has 1 rings (SSSR count). The van der Waals surface area contributed by atoms with Crippen LogP contribution in [0.5, 0.6) is 0 Å². The van der Waals surface area contributed by atoms with E-state index in [-0.39, 0.29) is 5.41 Å². The molecule has 0 aliphatic heterocycles. The third kappa shape index (κ3) is 3.20. The fourth-order valence-corrected chi connectivity index (χ4v) is 1.70. The first-order chi connectivity index (χ1) is 6.47. The molecule has 0 spiro atoms. The molecule has 1 heteroatoms. The first kappa shape index (κ1) is 11.3. The molecule has 0 heterocycles. The second kappa shape index (κ2) is 4.19. The smallest absolute Gasteiger partial charge is 0.0837 e. The van der Waals surface area contributed by atoms with Gasteiger partial charge < -0.3 is 5.11 Å². The molecule has 1 nitrogen and oxygen atoms in total. The van der Waals surface area contributed by atoms with Gasteiger partial charge in [0, 0.05) is 6.42 Å². The standard InChI is InChI=1S/C13H20O/c1-4-5-6-7-13(14)10-8-12(2,3)9-11-13/h8,10,14H,6-7,9,11H2,1-3H3. The molecule has 14 heavy (non-hydrogen) atoms. The zero-order valence-electron chi connectivity index (χ0n) is 9.43. The lowest BCUT2D eigenvalue weighted by atomic mass is 9.75. The number of rotatable bonds is 2. The molecule has 0 bridgehead atoms. The third-order valence-electron chi connectivity index (χ3n) is 2.91. The van der Waals surface area contributed by atoms with Gasteiger partial charge in [0.2, 0.25) is 0 Å². The number of allylic oxidation sites excluding steroid dienone is 1. The van der Waals surface area contributed by atoms with Crippen molar-refractivity contribution in [1.82, 2.24) is 0 Å². The zero-order valence-corrected chi connectivity index (χ0v) is 9.43. The van der Waals surface area contributed by atoms with Crippen molar-refractivity contribution in [1.29, 1.82) is 0 Å². The molecular formula is C13H20O. The van der Waals surface area contributed by atoms with Gasteiger partial charge in [-0.05, 0) is 31.6 Å². The van der Waals surface area contributed by atoms with Gasteiger partial charge >= 0.3 is 0 Å². The van der Waals surface area contributed by atoms with Crippen molar-refractivity contribution >= 4 is 0 Å². The highest BCUT2D eigenvalue weighted by Crippen LogP contribution is 2.36. The second-order valence-electron chi connectivity index (χ2n) is 4.85. The molecule has 0 radical (unpaired) electrons. The van der Waals surface area contributed by atoms with Gasteiger partial charge in [-0.3, -0.25) is 0 Å². The topological polar surface area (TPSA) is 20.2 Å². The molecule has 1 N–H and O–H groups in total. The molecule has 1 aliphatic rings. The summed E-state index contributed by atoms with van der Waals surface area (Å²) >= 11 is 0. The lowest BCUT2D eigenvalue weighted by molar-refractivity contribution is 0.0537. The SMILES string of the molecule is CC#CCCC1(O)C=CC(C)(C)CC1. The van der Waals surface area contributed by atoms with Gasteiger partial charge in [-0.25, -0.2) is 0 Å². The van der Waals surface area contributed by atoms with Crippen LogP contribution < -0.4 is 0 Å². The summed E-state index contributed by atoms with van der Waals surface area (Å²) in [7, 11) is 0. The maximum absolute atomic E-state index is 10.2. The van der Waals surface area contributed by atoms with Crippen LogP contribution in [0, 0.1) is 17.3 Å². The number of hydrogen-bond acceptors (Lipinski definition) is 1. The van der Waals surface area contributed by atoms with Crippen molar-refractivity contribution in [2.45, 2.75) is 52.1 Å². The molecule has 0 amide bonds. The average molecular weight is 192 g/mol. The van der Waals surface area contributed by atoms with Gasteiger partial charge in [0.15, 0.2) is 0 Å². The highest BCUT2D eigenvalue weighted by atomic mass is 16.3. The van der Waals surface area contributed by atoms with Crippen molar-refractivity contribution in [2.75, 3.05) is 0 Å². The maximum Gasteiger partial charge on any atom is 0.0837 e. The predicted octanol–water partition coefficient (Wildman–Crippen LogP) is 2.90. The van der Waals surface area contributed by atoms with E-state index in [4.69, 9.17) is 0 Å². The van der Waals surface area contributed by atoms with E-state index in [1.54, 1.807) is 0 Å². The van der Waals surface area contributed by atoms with Crippen LogP contribution in [-0.4, -0.2) is 10.7 Å². The maximum atomic E-state index is 10.2. The van der Waals surface area contributed by atoms with Gasteiger partial charge in [0.05, 0.1) is 5.60 Å². The predicted molar refractivity (Wildman–Crippen MR) is 59.8 cm³/mol. The Hall–Kier alpha value is -0.740. The fourth-order valence-electron chi connectivity index (χ4n) is 1.70. The Kier molecular flexibility index (Phi) is 3.39. The van der Waals surface area contributed by atoms with E-state index in [2.05, 4.69) is 31.8 Å².